The van der Waals surface area contributed by atoms with Gasteiger partial charge in [0.05, 0.1) is 12.3 Å². The molecular formula is C17H25FN2O. The van der Waals surface area contributed by atoms with Gasteiger partial charge >= 0.3 is 0 Å². The van der Waals surface area contributed by atoms with Crippen molar-refractivity contribution in [1.29, 1.82) is 0 Å². The average Bonchev–Trinajstić information content (AvgIpc) is 2.73. The Morgan fingerprint density at radius 3 is 2.43 bits per heavy atom. The highest BCUT2D eigenvalue weighted by Crippen LogP contribution is 2.17. The van der Waals surface area contributed by atoms with E-state index in [4.69, 9.17) is 4.74 Å². The van der Waals surface area contributed by atoms with Gasteiger partial charge in [-0.2, -0.15) is 5.10 Å². The van der Waals surface area contributed by atoms with E-state index < -0.39 is 0 Å². The second-order valence-corrected chi connectivity index (χ2v) is 4.66. The third-order valence-corrected chi connectivity index (χ3v) is 3.32. The summed E-state index contributed by atoms with van der Waals surface area (Å²) >= 11 is 0. The molecule has 2 aromatic rings. The maximum Gasteiger partial charge on any atom is 0.165 e. The van der Waals surface area contributed by atoms with E-state index in [0.717, 1.165) is 18.5 Å². The van der Waals surface area contributed by atoms with Crippen molar-refractivity contribution in [2.75, 3.05) is 6.61 Å². The molecule has 0 spiro atoms. The van der Waals surface area contributed by atoms with Gasteiger partial charge in [0, 0.05) is 12.7 Å². The van der Waals surface area contributed by atoms with Crippen LogP contribution in [0.3, 0.4) is 0 Å². The number of hydrogen-bond donors (Lipinski definition) is 0. The fraction of sp³-hybridized carbons (Fsp3) is 0.471. The minimum atomic E-state index is -0.309. The Bertz CT molecular complexity index is 564. The third-order valence-electron chi connectivity index (χ3n) is 3.32. The molecule has 0 fully saturated rings. The molecule has 21 heavy (non-hydrogen) atoms. The number of para-hydroxylation sites is 1. The van der Waals surface area contributed by atoms with Gasteiger partial charge in [-0.3, -0.25) is 4.68 Å². The summed E-state index contributed by atoms with van der Waals surface area (Å²) in [5.74, 6) is 0.0124. The largest absolute Gasteiger partial charge is 0.491 e. The van der Waals surface area contributed by atoms with Gasteiger partial charge in [0.15, 0.2) is 11.6 Å². The molecule has 2 rings (SSSR count). The van der Waals surface area contributed by atoms with Crippen molar-refractivity contribution in [2.45, 2.75) is 40.5 Å². The van der Waals surface area contributed by atoms with Crippen LogP contribution in [0, 0.1) is 19.7 Å². The van der Waals surface area contributed by atoms with Crippen LogP contribution in [0.2, 0.25) is 0 Å². The summed E-state index contributed by atoms with van der Waals surface area (Å²) in [5.41, 5.74) is 3.51. The van der Waals surface area contributed by atoms with Gasteiger partial charge in [-0.1, -0.05) is 26.0 Å². The van der Waals surface area contributed by atoms with Gasteiger partial charge in [0.25, 0.3) is 0 Å². The lowest BCUT2D eigenvalue weighted by Crippen LogP contribution is -2.02. The van der Waals surface area contributed by atoms with Crippen LogP contribution in [0.25, 0.3) is 0 Å². The van der Waals surface area contributed by atoms with E-state index in [1.165, 1.54) is 17.3 Å². The summed E-state index contributed by atoms with van der Waals surface area (Å²) in [6.45, 7) is 8.59. The second-order valence-electron chi connectivity index (χ2n) is 4.66. The second kappa shape index (κ2) is 8.45. The summed E-state index contributed by atoms with van der Waals surface area (Å²) < 4.78 is 20.7. The Balaban J connectivity index is 0.00000106. The number of aryl methyl sites for hydroxylation is 2. The van der Waals surface area contributed by atoms with Crippen molar-refractivity contribution in [3.8, 4) is 5.75 Å². The monoisotopic (exact) mass is 292 g/mol. The van der Waals surface area contributed by atoms with Crippen molar-refractivity contribution in [1.82, 2.24) is 9.78 Å². The van der Waals surface area contributed by atoms with Crippen molar-refractivity contribution >= 4 is 0 Å². The minimum Gasteiger partial charge on any atom is -0.491 e. The summed E-state index contributed by atoms with van der Waals surface area (Å²) in [6, 6.07) is 6.49. The lowest BCUT2D eigenvalue weighted by molar-refractivity contribution is 0.295. The molecule has 1 aromatic carbocycles. The first-order valence-electron chi connectivity index (χ1n) is 7.46. The van der Waals surface area contributed by atoms with Crippen LogP contribution in [0.1, 0.15) is 37.2 Å². The first-order chi connectivity index (χ1) is 10.1. The van der Waals surface area contributed by atoms with Crippen LogP contribution in [-0.4, -0.2) is 16.4 Å². The first-order valence-corrected chi connectivity index (χ1v) is 7.46. The molecule has 0 saturated carbocycles. The molecule has 0 atom stereocenters. The van der Waals surface area contributed by atoms with Crippen molar-refractivity contribution in [3.63, 3.8) is 0 Å². The normalized spacial score (nSPS) is 10.0. The zero-order valence-corrected chi connectivity index (χ0v) is 13.6. The molecule has 0 saturated heterocycles. The van der Waals surface area contributed by atoms with E-state index in [0.29, 0.717) is 12.4 Å². The number of ether oxygens (including phenoxy) is 1. The van der Waals surface area contributed by atoms with Crippen LogP contribution < -0.4 is 4.74 Å². The average molecular weight is 292 g/mol. The van der Waals surface area contributed by atoms with Crippen LogP contribution >= 0.6 is 0 Å². The molecule has 0 bridgehead atoms. The van der Waals surface area contributed by atoms with Gasteiger partial charge in [-0.25, -0.2) is 4.39 Å². The van der Waals surface area contributed by atoms with E-state index in [2.05, 4.69) is 12.0 Å². The van der Waals surface area contributed by atoms with Gasteiger partial charge in [0.1, 0.15) is 0 Å². The van der Waals surface area contributed by atoms with Crippen LogP contribution in [0.5, 0.6) is 5.75 Å². The number of aromatic nitrogens is 2. The standard InChI is InChI=1S/C15H19FN2O.C2H6/c1-11-13(12(2)18(3)17-11)7-6-10-19-15-9-5-4-8-14(15)16;1-2/h4-5,8-9H,6-7,10H2,1-3H3;1-2H3. The number of rotatable bonds is 5. The van der Waals surface area contributed by atoms with Gasteiger partial charge < -0.3 is 4.74 Å². The van der Waals surface area contributed by atoms with Gasteiger partial charge in [-0.15, -0.1) is 0 Å². The fourth-order valence-corrected chi connectivity index (χ4v) is 2.17. The Morgan fingerprint density at radius 1 is 1.19 bits per heavy atom. The SMILES string of the molecule is CC.Cc1nn(C)c(C)c1CCCOc1ccccc1F. The quantitative estimate of drug-likeness (QED) is 0.772. The number of halogens is 1. The summed E-state index contributed by atoms with van der Waals surface area (Å²) in [5, 5.41) is 4.38. The lowest BCUT2D eigenvalue weighted by Gasteiger charge is -2.07. The van der Waals surface area contributed by atoms with Gasteiger partial charge in [-0.05, 0) is 44.4 Å². The molecule has 1 aromatic heterocycles. The van der Waals surface area contributed by atoms with Crippen molar-refractivity contribution in [3.05, 3.63) is 47.0 Å². The summed E-state index contributed by atoms with van der Waals surface area (Å²) in [7, 11) is 1.95. The molecule has 0 aliphatic heterocycles. The van der Waals surface area contributed by atoms with Crippen LogP contribution in [0.4, 0.5) is 4.39 Å². The van der Waals surface area contributed by atoms with E-state index in [9.17, 15) is 4.39 Å². The zero-order chi connectivity index (χ0) is 15.8. The number of hydrogen-bond acceptors (Lipinski definition) is 2. The fourth-order valence-electron chi connectivity index (χ4n) is 2.17. The highest BCUT2D eigenvalue weighted by atomic mass is 19.1. The smallest absolute Gasteiger partial charge is 0.165 e. The molecule has 0 unspecified atom stereocenters. The molecule has 0 radical (unpaired) electrons. The highest BCUT2D eigenvalue weighted by molar-refractivity contribution is 5.25. The maximum absolute atomic E-state index is 13.3. The van der Waals surface area contributed by atoms with Crippen LogP contribution in [0.15, 0.2) is 24.3 Å². The van der Waals surface area contributed by atoms with E-state index in [1.54, 1.807) is 18.2 Å². The topological polar surface area (TPSA) is 27.1 Å². The summed E-state index contributed by atoms with van der Waals surface area (Å²) in [4.78, 5) is 0. The Morgan fingerprint density at radius 2 is 1.86 bits per heavy atom. The first kappa shape index (κ1) is 17.2. The summed E-state index contributed by atoms with van der Waals surface area (Å²) in [6.07, 6.45) is 1.75. The minimum absolute atomic E-state index is 0.309. The zero-order valence-electron chi connectivity index (χ0n) is 13.6. The van der Waals surface area contributed by atoms with Crippen molar-refractivity contribution < 1.29 is 9.13 Å². The van der Waals surface area contributed by atoms with Crippen LogP contribution in [-0.2, 0) is 13.5 Å². The Kier molecular flexibility index (Phi) is 6.92. The van der Waals surface area contributed by atoms with Gasteiger partial charge in [0.2, 0.25) is 0 Å². The molecule has 116 valence electrons. The predicted molar refractivity (Wildman–Crippen MR) is 84.2 cm³/mol. The predicted octanol–water partition coefficient (Wildman–Crippen LogP) is 4.21. The maximum atomic E-state index is 13.3. The van der Waals surface area contributed by atoms with Crippen molar-refractivity contribution in [2.24, 2.45) is 7.05 Å². The molecule has 4 heteroatoms. The number of benzene rings is 1. The third kappa shape index (κ3) is 4.59. The molecule has 1 heterocycles. The molecule has 0 N–H and O–H groups in total. The Hall–Kier alpha value is -1.84. The lowest BCUT2D eigenvalue weighted by atomic mass is 10.1. The Labute approximate surface area is 126 Å². The van der Waals surface area contributed by atoms with E-state index in [-0.39, 0.29) is 5.82 Å². The van der Waals surface area contributed by atoms with E-state index in [1.807, 2.05) is 32.5 Å². The molecule has 0 aliphatic carbocycles. The highest BCUT2D eigenvalue weighted by Gasteiger charge is 2.09. The molecule has 0 amide bonds. The van der Waals surface area contributed by atoms with E-state index >= 15 is 0 Å². The number of nitrogens with zero attached hydrogens (tertiary/aromatic N) is 2. The molecule has 0 aliphatic rings. The molecular weight excluding hydrogens is 267 g/mol. The molecule has 3 nitrogen and oxygen atoms in total.